The van der Waals surface area contributed by atoms with E-state index in [4.69, 9.17) is 4.52 Å². The fourth-order valence-electron chi connectivity index (χ4n) is 3.28. The maximum Gasteiger partial charge on any atom is 0.290 e. The van der Waals surface area contributed by atoms with E-state index in [0.717, 1.165) is 25.6 Å². The van der Waals surface area contributed by atoms with Crippen LogP contribution in [0.4, 0.5) is 0 Å². The minimum absolute atomic E-state index is 0.0580. The van der Waals surface area contributed by atoms with Crippen molar-refractivity contribution in [3.8, 4) is 0 Å². The molecule has 3 rings (SSSR count). The predicted octanol–water partition coefficient (Wildman–Crippen LogP) is 1.37. The van der Waals surface area contributed by atoms with Crippen molar-refractivity contribution in [2.24, 2.45) is 11.8 Å². The van der Waals surface area contributed by atoms with Gasteiger partial charge in [0.2, 0.25) is 5.76 Å². The molecule has 1 saturated carbocycles. The molecule has 0 aromatic carbocycles. The van der Waals surface area contributed by atoms with Crippen LogP contribution in [0.15, 0.2) is 27.0 Å². The molecule has 0 unspecified atom stereocenters. The van der Waals surface area contributed by atoms with Gasteiger partial charge >= 0.3 is 0 Å². The molecular formula is C16H23N3O3. The summed E-state index contributed by atoms with van der Waals surface area (Å²) in [5, 5.41) is 5.20. The highest BCUT2D eigenvalue weighted by molar-refractivity contribution is 5.91. The minimum atomic E-state index is -0.388. The van der Waals surface area contributed by atoms with E-state index in [1.54, 1.807) is 0 Å². The SMILES string of the molecule is C/C=C(\C)CN1C[C@H](NC(=O)c2cc(=O)[nH]o2)[C@@H](C2CC2)C1. The van der Waals surface area contributed by atoms with Gasteiger partial charge in [-0.15, -0.1) is 0 Å². The summed E-state index contributed by atoms with van der Waals surface area (Å²) in [5.74, 6) is 0.972. The van der Waals surface area contributed by atoms with E-state index in [9.17, 15) is 9.59 Å². The van der Waals surface area contributed by atoms with Gasteiger partial charge in [-0.05, 0) is 38.5 Å². The molecule has 6 heteroatoms. The zero-order valence-electron chi connectivity index (χ0n) is 13.1. The average molecular weight is 305 g/mol. The number of hydrogen-bond acceptors (Lipinski definition) is 4. The number of nitrogens with one attached hydrogen (secondary N) is 2. The first kappa shape index (κ1) is 15.1. The van der Waals surface area contributed by atoms with Gasteiger partial charge in [-0.25, -0.2) is 0 Å². The third kappa shape index (κ3) is 3.32. The van der Waals surface area contributed by atoms with E-state index in [-0.39, 0.29) is 23.3 Å². The summed E-state index contributed by atoms with van der Waals surface area (Å²) in [6.45, 7) is 7.01. The lowest BCUT2D eigenvalue weighted by Gasteiger charge is -2.18. The van der Waals surface area contributed by atoms with Gasteiger partial charge in [0.1, 0.15) is 0 Å². The van der Waals surface area contributed by atoms with Crippen LogP contribution in [0, 0.1) is 11.8 Å². The molecule has 1 aliphatic carbocycles. The second-order valence-corrected chi connectivity index (χ2v) is 6.49. The van der Waals surface area contributed by atoms with Crippen LogP contribution in [0.2, 0.25) is 0 Å². The quantitative estimate of drug-likeness (QED) is 0.806. The Morgan fingerprint density at radius 3 is 2.86 bits per heavy atom. The molecule has 6 nitrogen and oxygen atoms in total. The van der Waals surface area contributed by atoms with Crippen molar-refractivity contribution in [3.63, 3.8) is 0 Å². The number of carbonyl (C=O) groups excluding carboxylic acids is 1. The summed E-state index contributed by atoms with van der Waals surface area (Å²) in [7, 11) is 0. The van der Waals surface area contributed by atoms with Crippen molar-refractivity contribution in [2.75, 3.05) is 19.6 Å². The van der Waals surface area contributed by atoms with E-state index in [0.29, 0.717) is 5.92 Å². The van der Waals surface area contributed by atoms with Crippen LogP contribution in [-0.4, -0.2) is 41.6 Å². The normalized spacial score (nSPS) is 26.4. The summed E-state index contributed by atoms with van der Waals surface area (Å²) in [4.78, 5) is 25.7. The van der Waals surface area contributed by atoms with E-state index < -0.39 is 0 Å². The minimum Gasteiger partial charge on any atom is -0.373 e. The van der Waals surface area contributed by atoms with Crippen LogP contribution in [0.3, 0.4) is 0 Å². The van der Waals surface area contributed by atoms with Gasteiger partial charge in [0.25, 0.3) is 11.5 Å². The van der Waals surface area contributed by atoms with E-state index >= 15 is 0 Å². The zero-order valence-corrected chi connectivity index (χ0v) is 13.1. The van der Waals surface area contributed by atoms with Crippen molar-refractivity contribution >= 4 is 5.91 Å². The van der Waals surface area contributed by atoms with Crippen molar-refractivity contribution in [1.82, 2.24) is 15.4 Å². The molecule has 1 aromatic heterocycles. The number of H-pyrrole nitrogens is 1. The fourth-order valence-corrected chi connectivity index (χ4v) is 3.28. The Bertz CT molecular complexity index is 627. The largest absolute Gasteiger partial charge is 0.373 e. The fraction of sp³-hybridized carbons (Fsp3) is 0.625. The third-order valence-electron chi connectivity index (χ3n) is 4.70. The Kier molecular flexibility index (Phi) is 4.20. The van der Waals surface area contributed by atoms with Gasteiger partial charge in [0.05, 0.1) is 6.07 Å². The molecule has 1 aliphatic heterocycles. The number of rotatable bonds is 5. The monoisotopic (exact) mass is 305 g/mol. The second kappa shape index (κ2) is 6.12. The highest BCUT2D eigenvalue weighted by Gasteiger charge is 2.43. The summed E-state index contributed by atoms with van der Waals surface area (Å²) >= 11 is 0. The maximum absolute atomic E-state index is 12.2. The number of aromatic nitrogens is 1. The number of hydrogen-bond donors (Lipinski definition) is 2. The highest BCUT2D eigenvalue weighted by Crippen LogP contribution is 2.41. The number of amides is 1. The lowest BCUT2D eigenvalue weighted by Crippen LogP contribution is -2.41. The first-order valence-electron chi connectivity index (χ1n) is 7.90. The van der Waals surface area contributed by atoms with Crippen molar-refractivity contribution in [2.45, 2.75) is 32.7 Å². The van der Waals surface area contributed by atoms with Gasteiger partial charge in [-0.3, -0.25) is 14.5 Å². The molecule has 2 atom stereocenters. The molecule has 1 saturated heterocycles. The Labute approximate surface area is 129 Å². The molecule has 2 heterocycles. The van der Waals surface area contributed by atoms with Gasteiger partial charge < -0.3 is 9.84 Å². The average Bonchev–Trinajstić information content (AvgIpc) is 3.13. The zero-order chi connectivity index (χ0) is 15.7. The molecule has 120 valence electrons. The lowest BCUT2D eigenvalue weighted by atomic mass is 9.98. The number of aromatic amines is 1. The molecule has 2 fully saturated rings. The highest BCUT2D eigenvalue weighted by atomic mass is 16.5. The summed E-state index contributed by atoms with van der Waals surface area (Å²) in [6, 6.07) is 1.32. The molecule has 0 spiro atoms. The number of likely N-dealkylation sites (tertiary alicyclic amines) is 1. The molecule has 1 amide bonds. The van der Waals surface area contributed by atoms with Crippen LogP contribution in [0.25, 0.3) is 0 Å². The Morgan fingerprint density at radius 1 is 1.50 bits per heavy atom. The first-order chi connectivity index (χ1) is 10.6. The molecule has 22 heavy (non-hydrogen) atoms. The van der Waals surface area contributed by atoms with Gasteiger partial charge in [-0.2, -0.15) is 5.16 Å². The van der Waals surface area contributed by atoms with Gasteiger partial charge in [0.15, 0.2) is 0 Å². The molecular weight excluding hydrogens is 282 g/mol. The predicted molar refractivity (Wildman–Crippen MR) is 82.7 cm³/mol. The Morgan fingerprint density at radius 2 is 2.27 bits per heavy atom. The van der Waals surface area contributed by atoms with Crippen LogP contribution in [0.1, 0.15) is 37.2 Å². The standard InChI is InChI=1S/C16H23N3O3/c1-3-10(2)7-19-8-12(11-4-5-11)13(9-19)17-16(21)14-6-15(20)18-22-14/h3,6,11-13H,4-5,7-9H2,1-2H3,(H,17,21)(H,18,20)/b10-3+/t12-,13+/m1/s1. The number of allylic oxidation sites excluding steroid dienone is 1. The van der Waals surface area contributed by atoms with E-state index in [1.165, 1.54) is 24.5 Å². The van der Waals surface area contributed by atoms with Crippen molar-refractivity contribution in [3.05, 3.63) is 33.8 Å². The molecule has 2 N–H and O–H groups in total. The van der Waals surface area contributed by atoms with Crippen LogP contribution < -0.4 is 10.9 Å². The smallest absolute Gasteiger partial charge is 0.290 e. The third-order valence-corrected chi connectivity index (χ3v) is 4.70. The van der Waals surface area contributed by atoms with Crippen LogP contribution >= 0.6 is 0 Å². The molecule has 0 radical (unpaired) electrons. The topological polar surface area (TPSA) is 78.3 Å². The second-order valence-electron chi connectivity index (χ2n) is 6.49. The summed E-state index contributed by atoms with van der Waals surface area (Å²) < 4.78 is 4.88. The Hall–Kier alpha value is -1.82. The number of nitrogens with zero attached hydrogens (tertiary/aromatic N) is 1. The lowest BCUT2D eigenvalue weighted by molar-refractivity contribution is 0.0890. The Balaban J connectivity index is 1.65. The van der Waals surface area contributed by atoms with Gasteiger partial charge in [-0.1, -0.05) is 11.6 Å². The van der Waals surface area contributed by atoms with Crippen molar-refractivity contribution < 1.29 is 9.32 Å². The summed E-state index contributed by atoms with van der Waals surface area (Å²) in [6.07, 6.45) is 4.64. The molecule has 2 aliphatic rings. The summed E-state index contributed by atoms with van der Waals surface area (Å²) in [5.41, 5.74) is 0.957. The van der Waals surface area contributed by atoms with Crippen molar-refractivity contribution in [1.29, 1.82) is 0 Å². The van der Waals surface area contributed by atoms with Gasteiger partial charge in [0, 0.05) is 25.7 Å². The van der Waals surface area contributed by atoms with Crippen LogP contribution in [0.5, 0.6) is 0 Å². The molecule has 1 aromatic rings. The van der Waals surface area contributed by atoms with E-state index in [2.05, 4.69) is 35.3 Å². The van der Waals surface area contributed by atoms with E-state index in [1.807, 2.05) is 0 Å². The molecule has 0 bridgehead atoms. The number of carbonyl (C=O) groups is 1. The maximum atomic E-state index is 12.2. The van der Waals surface area contributed by atoms with Crippen LogP contribution in [-0.2, 0) is 0 Å². The first-order valence-corrected chi connectivity index (χ1v) is 7.90.